The van der Waals surface area contributed by atoms with E-state index in [2.05, 4.69) is 66.0 Å². The number of aliphatic carboxylic acids is 1. The average molecular weight is 626 g/mol. The first-order valence-electron chi connectivity index (χ1n) is 15.3. The van der Waals surface area contributed by atoms with Crippen LogP contribution >= 0.6 is 11.8 Å². The van der Waals surface area contributed by atoms with Gasteiger partial charge in [0.1, 0.15) is 6.61 Å². The molecule has 2 N–H and O–H groups in total. The van der Waals surface area contributed by atoms with Gasteiger partial charge in [-0.2, -0.15) is 0 Å². The van der Waals surface area contributed by atoms with E-state index in [0.29, 0.717) is 5.75 Å². The standard InChI is InChI=1S/C40H35NO4S/c1-28(38(42)43)25-32(41-39(44)45-26-37-35-23-13-11-21-33(35)34-22-12-14-24-36(34)37)27-46-40(29-15-5-2-6-16-29,30-17-7-3-8-18-30)31-19-9-4-10-20-31/h2-25,32,37H,26-27H2,1H3,(H,41,44)(H,42,43)/b28-25+/t32-/m0/s1. The van der Waals surface area contributed by atoms with E-state index in [1.165, 1.54) is 6.92 Å². The summed E-state index contributed by atoms with van der Waals surface area (Å²) in [5.41, 5.74) is 7.95. The second kappa shape index (κ2) is 13.9. The highest BCUT2D eigenvalue weighted by molar-refractivity contribution is 8.00. The van der Waals surface area contributed by atoms with Crippen molar-refractivity contribution in [2.24, 2.45) is 0 Å². The number of hydrogen-bond donors (Lipinski definition) is 2. The number of hydrogen-bond acceptors (Lipinski definition) is 4. The molecule has 0 aromatic heterocycles. The maximum atomic E-state index is 13.4. The SMILES string of the molecule is C/C(=C\[C@@H](CSC(c1ccccc1)(c1ccccc1)c1ccccc1)NC(=O)OCC1c2ccccc2-c2ccccc21)C(=O)O. The number of fused-ring (bicyclic) bond motifs is 3. The molecule has 6 heteroatoms. The highest BCUT2D eigenvalue weighted by atomic mass is 32.2. The van der Waals surface area contributed by atoms with E-state index >= 15 is 0 Å². The van der Waals surface area contributed by atoms with E-state index in [0.717, 1.165) is 38.9 Å². The largest absolute Gasteiger partial charge is 0.478 e. The van der Waals surface area contributed by atoms with E-state index in [1.807, 2.05) is 78.9 Å². The Morgan fingerprint density at radius 2 is 1.17 bits per heavy atom. The van der Waals surface area contributed by atoms with Gasteiger partial charge in [0.2, 0.25) is 0 Å². The first kappa shape index (κ1) is 30.9. The zero-order valence-corrected chi connectivity index (χ0v) is 26.3. The van der Waals surface area contributed by atoms with Crippen molar-refractivity contribution in [3.63, 3.8) is 0 Å². The van der Waals surface area contributed by atoms with Crippen LogP contribution in [-0.4, -0.2) is 35.6 Å². The van der Waals surface area contributed by atoms with Crippen LogP contribution in [-0.2, 0) is 14.3 Å². The van der Waals surface area contributed by atoms with E-state index in [-0.39, 0.29) is 18.1 Å². The van der Waals surface area contributed by atoms with Gasteiger partial charge in [-0.05, 0) is 45.9 Å². The number of benzene rings is 5. The Hall–Kier alpha value is -5.07. The number of carbonyl (C=O) groups excluding carboxylic acids is 1. The fourth-order valence-corrected chi connectivity index (χ4v) is 7.80. The van der Waals surface area contributed by atoms with Gasteiger partial charge in [0.25, 0.3) is 0 Å². The van der Waals surface area contributed by atoms with Crippen LogP contribution in [0, 0.1) is 0 Å². The molecule has 1 aliphatic carbocycles. The lowest BCUT2D eigenvalue weighted by molar-refractivity contribution is -0.132. The van der Waals surface area contributed by atoms with Gasteiger partial charge in [0.15, 0.2) is 0 Å². The first-order chi connectivity index (χ1) is 22.5. The molecule has 0 radical (unpaired) electrons. The Bertz CT molecular complexity index is 1700. The molecule has 0 saturated heterocycles. The van der Waals surface area contributed by atoms with Crippen molar-refractivity contribution < 1.29 is 19.4 Å². The van der Waals surface area contributed by atoms with Gasteiger partial charge in [-0.15, -0.1) is 11.8 Å². The van der Waals surface area contributed by atoms with E-state index in [1.54, 1.807) is 17.8 Å². The maximum absolute atomic E-state index is 13.4. The number of nitrogens with one attached hydrogen (secondary N) is 1. The van der Waals surface area contributed by atoms with Gasteiger partial charge < -0.3 is 15.2 Å². The third-order valence-electron chi connectivity index (χ3n) is 8.46. The number of carboxylic acids is 1. The third-order valence-corrected chi connectivity index (χ3v) is 10.1. The number of amides is 1. The van der Waals surface area contributed by atoms with Crippen LogP contribution in [0.25, 0.3) is 11.1 Å². The van der Waals surface area contributed by atoms with Crippen molar-refractivity contribution in [3.05, 3.63) is 179 Å². The van der Waals surface area contributed by atoms with Gasteiger partial charge >= 0.3 is 12.1 Å². The van der Waals surface area contributed by atoms with E-state index in [9.17, 15) is 14.7 Å². The zero-order valence-electron chi connectivity index (χ0n) is 25.5. The molecule has 46 heavy (non-hydrogen) atoms. The van der Waals surface area contributed by atoms with Crippen molar-refractivity contribution in [2.75, 3.05) is 12.4 Å². The van der Waals surface area contributed by atoms with Crippen molar-refractivity contribution in [2.45, 2.75) is 23.6 Å². The van der Waals surface area contributed by atoms with Crippen LogP contribution in [0.5, 0.6) is 0 Å². The lowest BCUT2D eigenvalue weighted by atomic mass is 9.84. The van der Waals surface area contributed by atoms with Crippen LogP contribution < -0.4 is 5.32 Å². The summed E-state index contributed by atoms with van der Waals surface area (Å²) >= 11 is 1.65. The Balaban J connectivity index is 1.28. The van der Waals surface area contributed by atoms with Crippen molar-refractivity contribution in [1.29, 1.82) is 0 Å². The molecule has 0 unspecified atom stereocenters. The number of alkyl carbamates (subject to hydrolysis) is 1. The van der Waals surface area contributed by atoms with Crippen LogP contribution in [0.1, 0.15) is 40.7 Å². The summed E-state index contributed by atoms with van der Waals surface area (Å²) in [6.07, 6.45) is 1.01. The van der Waals surface area contributed by atoms with Gasteiger partial charge in [0.05, 0.1) is 10.8 Å². The summed E-state index contributed by atoms with van der Waals surface area (Å²) in [5.74, 6) is -0.734. The molecule has 0 spiro atoms. The molecule has 1 atom stereocenters. The summed E-state index contributed by atoms with van der Waals surface area (Å²) in [6.45, 7) is 1.71. The van der Waals surface area contributed by atoms with Crippen molar-refractivity contribution >= 4 is 23.8 Å². The van der Waals surface area contributed by atoms with E-state index < -0.39 is 22.9 Å². The normalized spacial score (nSPS) is 13.4. The minimum atomic E-state index is -1.04. The highest BCUT2D eigenvalue weighted by Gasteiger charge is 2.38. The van der Waals surface area contributed by atoms with Gasteiger partial charge in [-0.3, -0.25) is 0 Å². The maximum Gasteiger partial charge on any atom is 0.407 e. The molecule has 5 aromatic carbocycles. The molecule has 1 aliphatic rings. The lowest BCUT2D eigenvalue weighted by Gasteiger charge is -2.36. The number of carboxylic acid groups (broad SMARTS) is 1. The van der Waals surface area contributed by atoms with Crippen LogP contribution in [0.15, 0.2) is 151 Å². The number of ether oxygens (including phenoxy) is 1. The highest BCUT2D eigenvalue weighted by Crippen LogP contribution is 2.49. The molecule has 1 amide bonds. The molecule has 5 aromatic rings. The Labute approximate surface area is 274 Å². The van der Waals surface area contributed by atoms with Gasteiger partial charge in [0, 0.05) is 17.2 Å². The molecule has 0 heterocycles. The van der Waals surface area contributed by atoms with Crippen molar-refractivity contribution in [3.8, 4) is 11.1 Å². The third kappa shape index (κ3) is 6.35. The smallest absolute Gasteiger partial charge is 0.407 e. The molecule has 0 saturated carbocycles. The minimum absolute atomic E-state index is 0.0795. The molecular formula is C40H35NO4S. The van der Waals surface area contributed by atoms with Crippen LogP contribution in [0.2, 0.25) is 0 Å². The molecule has 6 rings (SSSR count). The number of rotatable bonds is 11. The summed E-state index contributed by atoms with van der Waals surface area (Å²) in [6, 6.07) is 46.6. The van der Waals surface area contributed by atoms with Gasteiger partial charge in [-0.1, -0.05) is 146 Å². The number of carbonyl (C=O) groups is 2. The molecule has 230 valence electrons. The molecule has 5 nitrogen and oxygen atoms in total. The Morgan fingerprint density at radius 1 is 0.739 bits per heavy atom. The quantitative estimate of drug-likeness (QED) is 0.114. The lowest BCUT2D eigenvalue weighted by Crippen LogP contribution is -2.38. The second-order valence-electron chi connectivity index (χ2n) is 11.3. The van der Waals surface area contributed by atoms with Crippen LogP contribution in [0.3, 0.4) is 0 Å². The molecule has 0 fully saturated rings. The second-order valence-corrected chi connectivity index (χ2v) is 12.6. The topological polar surface area (TPSA) is 75.6 Å². The predicted molar refractivity (Wildman–Crippen MR) is 185 cm³/mol. The monoisotopic (exact) mass is 625 g/mol. The van der Waals surface area contributed by atoms with Crippen LogP contribution in [0.4, 0.5) is 4.79 Å². The Kier molecular flexibility index (Phi) is 9.36. The number of thioether (sulfide) groups is 1. The zero-order chi connectivity index (χ0) is 31.9. The average Bonchev–Trinajstić information content (AvgIpc) is 3.42. The molecular weight excluding hydrogens is 591 g/mol. The minimum Gasteiger partial charge on any atom is -0.478 e. The van der Waals surface area contributed by atoms with Gasteiger partial charge in [-0.25, -0.2) is 9.59 Å². The summed E-state index contributed by atoms with van der Waals surface area (Å²) in [4.78, 5) is 25.3. The first-order valence-corrected chi connectivity index (χ1v) is 16.3. The summed E-state index contributed by atoms with van der Waals surface area (Å²) in [5, 5.41) is 12.7. The fraction of sp³-hybridized carbons (Fsp3) is 0.150. The van der Waals surface area contributed by atoms with E-state index in [4.69, 9.17) is 4.74 Å². The summed E-state index contributed by atoms with van der Waals surface area (Å²) in [7, 11) is 0. The predicted octanol–water partition coefficient (Wildman–Crippen LogP) is 8.65. The summed E-state index contributed by atoms with van der Waals surface area (Å²) < 4.78 is 5.23. The molecule has 0 bridgehead atoms. The fourth-order valence-electron chi connectivity index (χ4n) is 6.28. The van der Waals surface area contributed by atoms with Crippen molar-refractivity contribution in [1.82, 2.24) is 5.32 Å². The Morgan fingerprint density at radius 3 is 1.63 bits per heavy atom. The molecule has 0 aliphatic heterocycles.